The van der Waals surface area contributed by atoms with Crippen molar-refractivity contribution in [2.45, 2.75) is 6.92 Å². The number of carbonyl (C=O) groups is 2. The van der Waals surface area contributed by atoms with Gasteiger partial charge in [-0.25, -0.2) is 9.78 Å². The van der Waals surface area contributed by atoms with Crippen LogP contribution in [0.15, 0.2) is 49.1 Å². The largest absolute Gasteiger partial charge is 0.478 e. The van der Waals surface area contributed by atoms with E-state index in [2.05, 4.69) is 16.9 Å². The van der Waals surface area contributed by atoms with Crippen LogP contribution in [0.25, 0.3) is 11.3 Å². The number of aromatic nitrogens is 1. The zero-order valence-electron chi connectivity index (χ0n) is 12.2. The van der Waals surface area contributed by atoms with E-state index in [1.807, 2.05) is 6.92 Å². The molecule has 0 saturated heterocycles. The van der Waals surface area contributed by atoms with Crippen molar-refractivity contribution in [1.82, 2.24) is 4.98 Å². The van der Waals surface area contributed by atoms with Crippen LogP contribution in [-0.4, -0.2) is 28.4 Å². The number of aromatic carboxylic acids is 1. The van der Waals surface area contributed by atoms with Crippen LogP contribution in [0.4, 0.5) is 5.82 Å². The summed E-state index contributed by atoms with van der Waals surface area (Å²) in [6.45, 7) is 6.00. The third-order valence-corrected chi connectivity index (χ3v) is 3.10. The van der Waals surface area contributed by atoms with Crippen LogP contribution in [0.2, 0.25) is 0 Å². The monoisotopic (exact) mass is 296 g/mol. The molecule has 0 radical (unpaired) electrons. The van der Waals surface area contributed by atoms with Crippen LogP contribution in [0.3, 0.4) is 0 Å². The summed E-state index contributed by atoms with van der Waals surface area (Å²) < 4.78 is 0. The maximum Gasteiger partial charge on any atom is 0.335 e. The van der Waals surface area contributed by atoms with Crippen molar-refractivity contribution >= 4 is 17.6 Å². The van der Waals surface area contributed by atoms with E-state index in [4.69, 9.17) is 5.11 Å². The smallest absolute Gasteiger partial charge is 0.335 e. The molecule has 0 aliphatic heterocycles. The first-order valence-corrected chi connectivity index (χ1v) is 6.82. The van der Waals surface area contributed by atoms with E-state index in [0.717, 1.165) is 0 Å². The zero-order chi connectivity index (χ0) is 16.1. The fourth-order valence-electron chi connectivity index (χ4n) is 2.04. The molecule has 2 N–H and O–H groups in total. The van der Waals surface area contributed by atoms with Crippen molar-refractivity contribution in [3.8, 4) is 11.3 Å². The minimum Gasteiger partial charge on any atom is -0.478 e. The second kappa shape index (κ2) is 6.67. The van der Waals surface area contributed by atoms with Gasteiger partial charge in [-0.15, -0.1) is 0 Å². The third kappa shape index (κ3) is 3.20. The molecule has 0 aliphatic rings. The molecule has 2 rings (SSSR count). The number of allylic oxidation sites excluding steroid dienone is 1. The van der Waals surface area contributed by atoms with Gasteiger partial charge < -0.3 is 10.4 Å². The van der Waals surface area contributed by atoms with Crippen LogP contribution >= 0.6 is 0 Å². The highest BCUT2D eigenvalue weighted by atomic mass is 16.4. The van der Waals surface area contributed by atoms with E-state index in [1.165, 1.54) is 12.1 Å². The van der Waals surface area contributed by atoms with Crippen LogP contribution < -0.4 is 5.32 Å². The summed E-state index contributed by atoms with van der Waals surface area (Å²) in [5.74, 6) is -0.743. The quantitative estimate of drug-likeness (QED) is 0.632. The summed E-state index contributed by atoms with van der Waals surface area (Å²) >= 11 is 0. The van der Waals surface area contributed by atoms with Gasteiger partial charge in [-0.05, 0) is 37.3 Å². The summed E-state index contributed by atoms with van der Waals surface area (Å²) in [7, 11) is 0. The number of ketones is 1. The van der Waals surface area contributed by atoms with Gasteiger partial charge in [0.1, 0.15) is 5.82 Å². The lowest BCUT2D eigenvalue weighted by Gasteiger charge is -2.10. The molecule has 0 aliphatic carbocycles. The number of carbonyl (C=O) groups excluding carboxylic acids is 1. The van der Waals surface area contributed by atoms with Gasteiger partial charge in [0, 0.05) is 12.1 Å². The fourth-order valence-corrected chi connectivity index (χ4v) is 2.04. The number of hydrogen-bond acceptors (Lipinski definition) is 4. The summed E-state index contributed by atoms with van der Waals surface area (Å²) in [5, 5.41) is 12.1. The molecule has 1 aromatic heterocycles. The maximum atomic E-state index is 11.8. The van der Waals surface area contributed by atoms with E-state index in [9.17, 15) is 9.59 Å². The van der Waals surface area contributed by atoms with Gasteiger partial charge in [0.05, 0.1) is 16.8 Å². The Morgan fingerprint density at radius 2 is 2.09 bits per heavy atom. The molecular weight excluding hydrogens is 280 g/mol. The number of nitrogens with one attached hydrogen (secondary N) is 1. The van der Waals surface area contributed by atoms with E-state index >= 15 is 0 Å². The van der Waals surface area contributed by atoms with Crippen LogP contribution in [0, 0.1) is 0 Å². The van der Waals surface area contributed by atoms with E-state index < -0.39 is 5.97 Å². The van der Waals surface area contributed by atoms with E-state index in [0.29, 0.717) is 29.2 Å². The molecule has 22 heavy (non-hydrogen) atoms. The summed E-state index contributed by atoms with van der Waals surface area (Å²) in [4.78, 5) is 27.3. The van der Waals surface area contributed by atoms with Gasteiger partial charge in [-0.1, -0.05) is 18.7 Å². The predicted octanol–water partition coefficient (Wildman–Crippen LogP) is 3.25. The van der Waals surface area contributed by atoms with E-state index in [-0.39, 0.29) is 11.3 Å². The number of rotatable bonds is 6. The first kappa shape index (κ1) is 15.4. The number of carboxylic acid groups (broad SMARTS) is 1. The third-order valence-electron chi connectivity index (χ3n) is 3.10. The average Bonchev–Trinajstić information content (AvgIpc) is 2.54. The molecule has 0 bridgehead atoms. The lowest BCUT2D eigenvalue weighted by atomic mass is 10.1. The Hall–Kier alpha value is -2.95. The standard InChI is InChI=1S/C17H16N2O3/c1-3-15(20)13-8-9-14(19-16(13)18-4-2)11-6-5-7-12(10-11)17(21)22/h3,5-10H,1,4H2,2H3,(H,18,19)(H,21,22). The van der Waals surface area contributed by atoms with Crippen molar-refractivity contribution in [2.24, 2.45) is 0 Å². The van der Waals surface area contributed by atoms with Crippen LogP contribution in [0.1, 0.15) is 27.6 Å². The lowest BCUT2D eigenvalue weighted by molar-refractivity contribution is 0.0696. The van der Waals surface area contributed by atoms with Crippen LogP contribution in [-0.2, 0) is 0 Å². The molecule has 0 atom stereocenters. The average molecular weight is 296 g/mol. The van der Waals surface area contributed by atoms with Gasteiger partial charge in [-0.2, -0.15) is 0 Å². The molecule has 112 valence electrons. The minimum atomic E-state index is -0.993. The van der Waals surface area contributed by atoms with Crippen molar-refractivity contribution in [1.29, 1.82) is 0 Å². The number of anilines is 1. The molecule has 5 heteroatoms. The Bertz CT molecular complexity index is 738. The van der Waals surface area contributed by atoms with Gasteiger partial charge >= 0.3 is 5.97 Å². The molecule has 0 fully saturated rings. The van der Waals surface area contributed by atoms with Crippen molar-refractivity contribution < 1.29 is 14.7 Å². The summed E-state index contributed by atoms with van der Waals surface area (Å²) in [5.41, 5.74) is 1.90. The highest BCUT2D eigenvalue weighted by molar-refractivity contribution is 6.07. The topological polar surface area (TPSA) is 79.3 Å². The fraction of sp³-hybridized carbons (Fsp3) is 0.118. The van der Waals surface area contributed by atoms with Crippen molar-refractivity contribution in [3.63, 3.8) is 0 Å². The molecule has 2 aromatic rings. The summed E-state index contributed by atoms with van der Waals surface area (Å²) in [6, 6.07) is 9.87. The molecule has 0 spiro atoms. The predicted molar refractivity (Wildman–Crippen MR) is 85.3 cm³/mol. The molecule has 0 unspecified atom stereocenters. The minimum absolute atomic E-state index is 0.190. The number of pyridine rings is 1. The second-order valence-electron chi connectivity index (χ2n) is 4.58. The normalized spacial score (nSPS) is 10.0. The van der Waals surface area contributed by atoms with Crippen molar-refractivity contribution in [3.05, 3.63) is 60.2 Å². The van der Waals surface area contributed by atoms with Gasteiger partial charge in [-0.3, -0.25) is 4.79 Å². The van der Waals surface area contributed by atoms with Crippen molar-refractivity contribution in [2.75, 3.05) is 11.9 Å². The first-order valence-electron chi connectivity index (χ1n) is 6.82. The highest BCUT2D eigenvalue weighted by Crippen LogP contribution is 2.23. The molecule has 1 heterocycles. The zero-order valence-corrected chi connectivity index (χ0v) is 12.2. The number of carboxylic acids is 1. The molecule has 1 aromatic carbocycles. The molecular formula is C17H16N2O3. The van der Waals surface area contributed by atoms with Gasteiger partial charge in [0.15, 0.2) is 5.78 Å². The second-order valence-corrected chi connectivity index (χ2v) is 4.58. The molecule has 5 nitrogen and oxygen atoms in total. The molecule has 0 saturated carbocycles. The van der Waals surface area contributed by atoms with Gasteiger partial charge in [0.2, 0.25) is 0 Å². The van der Waals surface area contributed by atoms with Gasteiger partial charge in [0.25, 0.3) is 0 Å². The Morgan fingerprint density at radius 1 is 1.32 bits per heavy atom. The Morgan fingerprint density at radius 3 is 2.73 bits per heavy atom. The first-order chi connectivity index (χ1) is 10.6. The Labute approximate surface area is 128 Å². The SMILES string of the molecule is C=CC(=O)c1ccc(-c2cccc(C(=O)O)c2)nc1NCC. The van der Waals surface area contributed by atoms with Crippen LogP contribution in [0.5, 0.6) is 0 Å². The highest BCUT2D eigenvalue weighted by Gasteiger charge is 2.12. The number of benzene rings is 1. The molecule has 0 amide bonds. The number of hydrogen-bond donors (Lipinski definition) is 2. The lowest BCUT2D eigenvalue weighted by Crippen LogP contribution is -2.07. The summed E-state index contributed by atoms with van der Waals surface area (Å²) in [6.07, 6.45) is 1.24. The van der Waals surface area contributed by atoms with E-state index in [1.54, 1.807) is 30.3 Å². The Kier molecular flexibility index (Phi) is 4.68. The maximum absolute atomic E-state index is 11.8. The Balaban J connectivity index is 2.50. The number of nitrogens with zero attached hydrogens (tertiary/aromatic N) is 1.